The van der Waals surface area contributed by atoms with Gasteiger partial charge in [0, 0.05) is 6.54 Å². The summed E-state index contributed by atoms with van der Waals surface area (Å²) in [5, 5.41) is 8.90. The van der Waals surface area contributed by atoms with Crippen molar-refractivity contribution in [2.75, 3.05) is 40.3 Å². The molecule has 5 heteroatoms. The van der Waals surface area contributed by atoms with Crippen LogP contribution in [-0.2, 0) is 0 Å². The lowest BCUT2D eigenvalue weighted by atomic mass is 10.1. The van der Waals surface area contributed by atoms with Gasteiger partial charge in [0.05, 0.1) is 6.10 Å². The summed E-state index contributed by atoms with van der Waals surface area (Å²) in [6.07, 6.45) is 5.44. The molecule has 0 aliphatic rings. The van der Waals surface area contributed by atoms with Gasteiger partial charge < -0.3 is 27.2 Å². The standard InChI is InChI=1S/C7H17N.C6H15NO.C6H15N.C5H13N.5CH4/c1-7(2)5-6-8(3)4;1-5(2)3-6(8)4-7;1-6(2)4-3-5-7;1-5(2)3-4-6;;;;;/h7H,5-6H2,1-4H3;5-6,8H,3-4,7H2,1-2H3;6H,3-5,7H2,1-2H3;5H,3-4,6H2,1-2H3;5*1H4. The Kier molecular flexibility index (Phi) is 80.3. The first kappa shape index (κ1) is 59.1. The molecule has 0 heterocycles. The van der Waals surface area contributed by atoms with Crippen molar-refractivity contribution in [3.05, 3.63) is 0 Å². The van der Waals surface area contributed by atoms with Crippen molar-refractivity contribution in [1.29, 1.82) is 0 Å². The summed E-state index contributed by atoms with van der Waals surface area (Å²) >= 11 is 0. The summed E-state index contributed by atoms with van der Waals surface area (Å²) < 4.78 is 0. The number of hydrogen-bond acceptors (Lipinski definition) is 5. The van der Waals surface area contributed by atoms with Crippen molar-refractivity contribution in [2.45, 2.75) is 131 Å². The number of rotatable bonds is 11. The maximum atomic E-state index is 8.90. The highest BCUT2D eigenvalue weighted by Gasteiger charge is 2.02. The first-order chi connectivity index (χ1) is 13.3. The van der Waals surface area contributed by atoms with Gasteiger partial charge in [0.2, 0.25) is 0 Å². The Hall–Kier alpha value is -0.200. The fourth-order valence-electron chi connectivity index (χ4n) is 2.02. The fourth-order valence-corrected chi connectivity index (χ4v) is 2.02. The molecule has 0 rings (SSSR count). The van der Waals surface area contributed by atoms with E-state index in [1.807, 2.05) is 0 Å². The monoisotopic (exact) mass is 501 g/mol. The van der Waals surface area contributed by atoms with Gasteiger partial charge in [-0.25, -0.2) is 0 Å². The lowest BCUT2D eigenvalue weighted by molar-refractivity contribution is 0.157. The van der Waals surface area contributed by atoms with Gasteiger partial charge in [0.15, 0.2) is 0 Å². The summed E-state index contributed by atoms with van der Waals surface area (Å²) in [5.41, 5.74) is 15.7. The second-order valence-electron chi connectivity index (χ2n) is 9.80. The Morgan fingerprint density at radius 1 is 0.588 bits per heavy atom. The Bertz CT molecular complexity index is 263. The minimum Gasteiger partial charge on any atom is -0.392 e. The van der Waals surface area contributed by atoms with Crippen LogP contribution in [0.25, 0.3) is 0 Å². The molecule has 0 saturated carbocycles. The molecule has 5 nitrogen and oxygen atoms in total. The van der Waals surface area contributed by atoms with Crippen molar-refractivity contribution in [3.8, 4) is 0 Å². The molecule has 0 spiro atoms. The Labute approximate surface area is 222 Å². The van der Waals surface area contributed by atoms with Crippen LogP contribution in [0.5, 0.6) is 0 Å². The van der Waals surface area contributed by atoms with E-state index in [0.29, 0.717) is 12.5 Å². The number of hydrogen-bond donors (Lipinski definition) is 4. The molecule has 0 aliphatic heterocycles. The van der Waals surface area contributed by atoms with E-state index in [0.717, 1.165) is 43.7 Å². The van der Waals surface area contributed by atoms with E-state index in [2.05, 4.69) is 74.4 Å². The smallest absolute Gasteiger partial charge is 0.0664 e. The summed E-state index contributed by atoms with van der Waals surface area (Å²) in [4.78, 5) is 2.22. The van der Waals surface area contributed by atoms with Crippen molar-refractivity contribution in [3.63, 3.8) is 0 Å². The van der Waals surface area contributed by atoms with E-state index in [9.17, 15) is 0 Å². The number of aliphatic hydroxyl groups is 1. The van der Waals surface area contributed by atoms with E-state index in [4.69, 9.17) is 22.3 Å². The lowest BCUT2D eigenvalue weighted by Crippen LogP contribution is -2.21. The molecule has 0 aromatic rings. The summed E-state index contributed by atoms with van der Waals surface area (Å²) in [6.45, 7) is 20.7. The molecule has 0 aliphatic carbocycles. The molecule has 7 N–H and O–H groups in total. The molecule has 0 fully saturated rings. The van der Waals surface area contributed by atoms with Crippen LogP contribution < -0.4 is 17.2 Å². The third-order valence-corrected chi connectivity index (χ3v) is 3.90. The van der Waals surface area contributed by atoms with Gasteiger partial charge in [-0.15, -0.1) is 0 Å². The molecule has 1 unspecified atom stereocenters. The van der Waals surface area contributed by atoms with Crippen molar-refractivity contribution in [2.24, 2.45) is 40.9 Å². The maximum Gasteiger partial charge on any atom is 0.0664 e. The van der Waals surface area contributed by atoms with Crippen LogP contribution in [0.4, 0.5) is 0 Å². The Balaban J connectivity index is -0.0000000335. The van der Waals surface area contributed by atoms with Crippen LogP contribution in [0.15, 0.2) is 0 Å². The minimum atomic E-state index is -0.296. The van der Waals surface area contributed by atoms with E-state index in [-0.39, 0.29) is 43.2 Å². The average Bonchev–Trinajstić information content (AvgIpc) is 2.59. The molecule has 1 atom stereocenters. The molecule has 0 aromatic carbocycles. The zero-order valence-corrected chi connectivity index (χ0v) is 21.9. The van der Waals surface area contributed by atoms with E-state index in [1.165, 1.54) is 25.8 Å². The zero-order chi connectivity index (χ0) is 23.8. The van der Waals surface area contributed by atoms with Crippen LogP contribution in [-0.4, -0.2) is 56.4 Å². The zero-order valence-electron chi connectivity index (χ0n) is 21.9. The molecular formula is C29H80N4O. The van der Waals surface area contributed by atoms with Crippen LogP contribution in [0, 0.1) is 23.7 Å². The van der Waals surface area contributed by atoms with Gasteiger partial charge in [-0.3, -0.25) is 0 Å². The van der Waals surface area contributed by atoms with E-state index < -0.39 is 0 Å². The summed E-state index contributed by atoms with van der Waals surface area (Å²) in [7, 11) is 4.23. The highest BCUT2D eigenvalue weighted by Crippen LogP contribution is 2.02. The topological polar surface area (TPSA) is 102 Å². The quantitative estimate of drug-likeness (QED) is 0.235. The van der Waals surface area contributed by atoms with Gasteiger partial charge >= 0.3 is 0 Å². The molecule has 0 radical (unpaired) electrons. The van der Waals surface area contributed by atoms with Gasteiger partial charge in [-0.1, -0.05) is 92.5 Å². The SMILES string of the molecule is C.C.C.C.C.CC(C)CC(O)CN.CC(C)CCCN.CC(C)CCN.CC(C)CCN(C)C. The van der Waals surface area contributed by atoms with Crippen LogP contribution in [0.3, 0.4) is 0 Å². The van der Waals surface area contributed by atoms with Gasteiger partial charge in [0.25, 0.3) is 0 Å². The normalized spacial score (nSPS) is 9.97. The van der Waals surface area contributed by atoms with Gasteiger partial charge in [0.1, 0.15) is 0 Å². The number of nitrogens with zero attached hydrogens (tertiary/aromatic N) is 1. The fraction of sp³-hybridized carbons (Fsp3) is 1.00. The summed E-state index contributed by atoms with van der Waals surface area (Å²) in [6, 6.07) is 0. The van der Waals surface area contributed by atoms with Crippen LogP contribution in [0.1, 0.15) is 125 Å². The largest absolute Gasteiger partial charge is 0.392 e. The average molecular weight is 501 g/mol. The Morgan fingerprint density at radius 3 is 1.06 bits per heavy atom. The molecule has 222 valence electrons. The molecule has 0 aromatic heterocycles. The number of nitrogens with two attached hydrogens (primary N) is 3. The van der Waals surface area contributed by atoms with E-state index in [1.54, 1.807) is 0 Å². The minimum absolute atomic E-state index is 0. The van der Waals surface area contributed by atoms with Crippen molar-refractivity contribution < 1.29 is 5.11 Å². The van der Waals surface area contributed by atoms with E-state index >= 15 is 0 Å². The molecule has 0 bridgehead atoms. The lowest BCUT2D eigenvalue weighted by Gasteiger charge is -2.10. The highest BCUT2D eigenvalue weighted by molar-refractivity contribution is 4.57. The maximum absolute atomic E-state index is 8.90. The molecule has 0 saturated heterocycles. The molecule has 0 amide bonds. The van der Waals surface area contributed by atoms with Crippen molar-refractivity contribution in [1.82, 2.24) is 4.90 Å². The second kappa shape index (κ2) is 46.2. The van der Waals surface area contributed by atoms with Gasteiger partial charge in [-0.05, 0) is 89.5 Å². The Morgan fingerprint density at radius 2 is 0.971 bits per heavy atom. The molecular weight excluding hydrogens is 420 g/mol. The number of aliphatic hydroxyl groups excluding tert-OH is 1. The second-order valence-corrected chi connectivity index (χ2v) is 9.80. The third-order valence-electron chi connectivity index (χ3n) is 3.90. The summed E-state index contributed by atoms with van der Waals surface area (Å²) in [5.74, 6) is 2.99. The first-order valence-electron chi connectivity index (χ1n) is 11.8. The van der Waals surface area contributed by atoms with Crippen molar-refractivity contribution >= 4 is 0 Å². The predicted molar refractivity (Wildman–Crippen MR) is 168 cm³/mol. The first-order valence-corrected chi connectivity index (χ1v) is 11.8. The third kappa shape index (κ3) is 95.2. The van der Waals surface area contributed by atoms with Gasteiger partial charge in [-0.2, -0.15) is 0 Å². The highest BCUT2D eigenvalue weighted by atomic mass is 16.3. The molecule has 34 heavy (non-hydrogen) atoms. The van der Waals surface area contributed by atoms with Crippen LogP contribution >= 0.6 is 0 Å². The predicted octanol–water partition coefficient (Wildman–Crippen LogP) is 7.50. The van der Waals surface area contributed by atoms with Crippen LogP contribution in [0.2, 0.25) is 0 Å².